The van der Waals surface area contributed by atoms with Crippen molar-refractivity contribution >= 4 is 0 Å². The fraction of sp³-hybridized carbons (Fsp3) is 1.00. The van der Waals surface area contributed by atoms with E-state index in [4.69, 9.17) is 10.6 Å². The van der Waals surface area contributed by atoms with Crippen LogP contribution in [0.25, 0.3) is 0 Å². The number of hydrogen-bond donors (Lipinski definition) is 2. The Bertz CT molecular complexity index is 129. The molecule has 0 aliphatic rings. The van der Waals surface area contributed by atoms with Crippen LogP contribution in [0, 0.1) is 0 Å². The van der Waals surface area contributed by atoms with Gasteiger partial charge in [-0.3, -0.25) is 11.3 Å². The smallest absolute Gasteiger partial charge is 0.0636 e. The Morgan fingerprint density at radius 1 is 1.13 bits per heavy atom. The Morgan fingerprint density at radius 2 is 1.80 bits per heavy atom. The number of hydrogen-bond acceptors (Lipinski definition) is 3. The summed E-state index contributed by atoms with van der Waals surface area (Å²) in [5.41, 5.74) is 2.82. The molecule has 0 amide bonds. The lowest BCUT2D eigenvalue weighted by molar-refractivity contribution is 0.0590. The highest BCUT2D eigenvalue weighted by Crippen LogP contribution is 2.07. The van der Waals surface area contributed by atoms with E-state index in [9.17, 15) is 0 Å². The van der Waals surface area contributed by atoms with Crippen LogP contribution in [0.5, 0.6) is 0 Å². The summed E-state index contributed by atoms with van der Waals surface area (Å²) in [5, 5.41) is 0. The van der Waals surface area contributed by atoms with Gasteiger partial charge >= 0.3 is 0 Å². The predicted octanol–water partition coefficient (Wildman–Crippen LogP) is 2.60. The standard InChI is InChI=1S/C12H28N2O/c1-4-5-6-7-8-9-12(14-13)10-15-11(2)3/h11-12,14H,4-10,13H2,1-3H3. The first-order valence-corrected chi connectivity index (χ1v) is 6.28. The number of hydrazine groups is 1. The number of ether oxygens (including phenoxy) is 1. The minimum atomic E-state index is 0.293. The maximum atomic E-state index is 5.53. The zero-order valence-electron chi connectivity index (χ0n) is 10.6. The Labute approximate surface area is 94.7 Å². The largest absolute Gasteiger partial charge is 0.377 e. The molecule has 0 aliphatic heterocycles. The van der Waals surface area contributed by atoms with Gasteiger partial charge in [0.2, 0.25) is 0 Å². The van der Waals surface area contributed by atoms with E-state index in [1.807, 2.05) is 0 Å². The summed E-state index contributed by atoms with van der Waals surface area (Å²) in [6, 6.07) is 0.314. The van der Waals surface area contributed by atoms with Crippen molar-refractivity contribution in [3.63, 3.8) is 0 Å². The second-order valence-corrected chi connectivity index (χ2v) is 4.45. The fourth-order valence-electron chi connectivity index (χ4n) is 1.52. The van der Waals surface area contributed by atoms with Gasteiger partial charge in [-0.2, -0.15) is 0 Å². The van der Waals surface area contributed by atoms with Gasteiger partial charge in [0.05, 0.1) is 12.7 Å². The Morgan fingerprint density at radius 3 is 2.33 bits per heavy atom. The minimum Gasteiger partial charge on any atom is -0.377 e. The lowest BCUT2D eigenvalue weighted by Gasteiger charge is -2.17. The summed E-state index contributed by atoms with van der Waals surface area (Å²) in [4.78, 5) is 0. The highest BCUT2D eigenvalue weighted by Gasteiger charge is 2.07. The monoisotopic (exact) mass is 216 g/mol. The summed E-state index contributed by atoms with van der Waals surface area (Å²) >= 11 is 0. The van der Waals surface area contributed by atoms with Crippen molar-refractivity contribution in [2.45, 2.75) is 71.4 Å². The fourth-order valence-corrected chi connectivity index (χ4v) is 1.52. The van der Waals surface area contributed by atoms with Gasteiger partial charge in [0.25, 0.3) is 0 Å². The molecule has 0 fully saturated rings. The zero-order valence-corrected chi connectivity index (χ0v) is 10.6. The number of nitrogens with one attached hydrogen (secondary N) is 1. The van der Waals surface area contributed by atoms with Crippen LogP contribution in [0.3, 0.4) is 0 Å². The van der Waals surface area contributed by atoms with Crippen LogP contribution >= 0.6 is 0 Å². The van der Waals surface area contributed by atoms with Crippen molar-refractivity contribution in [3.05, 3.63) is 0 Å². The lowest BCUT2D eigenvalue weighted by Crippen LogP contribution is -2.39. The molecule has 0 saturated heterocycles. The van der Waals surface area contributed by atoms with E-state index < -0.39 is 0 Å². The van der Waals surface area contributed by atoms with E-state index in [-0.39, 0.29) is 0 Å². The maximum Gasteiger partial charge on any atom is 0.0636 e. The van der Waals surface area contributed by atoms with Gasteiger partial charge in [0, 0.05) is 6.04 Å². The van der Waals surface area contributed by atoms with Crippen molar-refractivity contribution in [1.82, 2.24) is 5.43 Å². The van der Waals surface area contributed by atoms with Crippen LogP contribution in [0.15, 0.2) is 0 Å². The first-order valence-electron chi connectivity index (χ1n) is 6.28. The average molecular weight is 216 g/mol. The second-order valence-electron chi connectivity index (χ2n) is 4.45. The predicted molar refractivity (Wildman–Crippen MR) is 65.6 cm³/mol. The van der Waals surface area contributed by atoms with E-state index in [1.54, 1.807) is 0 Å². The summed E-state index contributed by atoms with van der Waals surface area (Å²) < 4.78 is 5.53. The van der Waals surface area contributed by atoms with E-state index >= 15 is 0 Å². The average Bonchev–Trinajstić information content (AvgIpc) is 2.22. The maximum absolute atomic E-state index is 5.53. The van der Waals surface area contributed by atoms with Gasteiger partial charge in [-0.1, -0.05) is 39.0 Å². The van der Waals surface area contributed by atoms with E-state index in [0.29, 0.717) is 12.1 Å². The van der Waals surface area contributed by atoms with Gasteiger partial charge in [0.1, 0.15) is 0 Å². The van der Waals surface area contributed by atoms with Gasteiger partial charge < -0.3 is 4.74 Å². The van der Waals surface area contributed by atoms with Crippen LogP contribution in [-0.2, 0) is 4.74 Å². The number of unbranched alkanes of at least 4 members (excludes halogenated alkanes) is 4. The Kier molecular flexibility index (Phi) is 10.3. The molecule has 1 unspecified atom stereocenters. The SMILES string of the molecule is CCCCCCCC(COC(C)C)NN. The molecule has 3 nitrogen and oxygen atoms in total. The minimum absolute atomic E-state index is 0.293. The first-order chi connectivity index (χ1) is 7.20. The molecule has 0 aliphatic carbocycles. The normalized spacial score (nSPS) is 13.4. The van der Waals surface area contributed by atoms with Crippen LogP contribution in [-0.4, -0.2) is 18.8 Å². The highest BCUT2D eigenvalue weighted by molar-refractivity contribution is 4.63. The van der Waals surface area contributed by atoms with E-state index in [2.05, 4.69) is 26.2 Å². The summed E-state index contributed by atoms with van der Waals surface area (Å²) in [5.74, 6) is 5.47. The van der Waals surface area contributed by atoms with Crippen molar-refractivity contribution < 1.29 is 4.74 Å². The van der Waals surface area contributed by atoms with Crippen molar-refractivity contribution in [2.75, 3.05) is 6.61 Å². The van der Waals surface area contributed by atoms with Gasteiger partial charge in [-0.25, -0.2) is 0 Å². The highest BCUT2D eigenvalue weighted by atomic mass is 16.5. The van der Waals surface area contributed by atoms with Crippen LogP contribution in [0.4, 0.5) is 0 Å². The third-order valence-electron chi connectivity index (χ3n) is 2.52. The molecule has 92 valence electrons. The summed E-state index contributed by atoms with van der Waals surface area (Å²) in [7, 11) is 0. The van der Waals surface area contributed by atoms with Gasteiger partial charge in [0.15, 0.2) is 0 Å². The third kappa shape index (κ3) is 10.2. The molecule has 0 bridgehead atoms. The molecule has 0 saturated carbocycles. The quantitative estimate of drug-likeness (QED) is 0.335. The molecule has 0 spiro atoms. The van der Waals surface area contributed by atoms with Crippen LogP contribution < -0.4 is 11.3 Å². The Hall–Kier alpha value is -0.120. The molecule has 3 N–H and O–H groups in total. The molecule has 0 rings (SSSR count). The Balaban J connectivity index is 3.36. The molecular weight excluding hydrogens is 188 g/mol. The van der Waals surface area contributed by atoms with Crippen LogP contribution in [0.1, 0.15) is 59.3 Å². The lowest BCUT2D eigenvalue weighted by atomic mass is 10.1. The summed E-state index contributed by atoms with van der Waals surface area (Å²) in [6.45, 7) is 7.06. The molecule has 1 atom stereocenters. The third-order valence-corrected chi connectivity index (χ3v) is 2.52. The molecular formula is C12H28N2O. The van der Waals surface area contributed by atoms with Crippen molar-refractivity contribution in [1.29, 1.82) is 0 Å². The van der Waals surface area contributed by atoms with Gasteiger partial charge in [-0.05, 0) is 20.3 Å². The number of nitrogens with two attached hydrogens (primary N) is 1. The molecule has 0 radical (unpaired) electrons. The second kappa shape index (κ2) is 10.4. The zero-order chi connectivity index (χ0) is 11.5. The summed E-state index contributed by atoms with van der Waals surface area (Å²) in [6.07, 6.45) is 7.97. The first kappa shape index (κ1) is 14.9. The molecule has 0 aromatic rings. The molecule has 0 aromatic heterocycles. The number of rotatable bonds is 10. The molecule has 15 heavy (non-hydrogen) atoms. The van der Waals surface area contributed by atoms with Crippen LogP contribution in [0.2, 0.25) is 0 Å². The van der Waals surface area contributed by atoms with Gasteiger partial charge in [-0.15, -0.1) is 0 Å². The van der Waals surface area contributed by atoms with Crippen molar-refractivity contribution in [3.8, 4) is 0 Å². The van der Waals surface area contributed by atoms with E-state index in [0.717, 1.165) is 13.0 Å². The molecule has 3 heteroatoms. The van der Waals surface area contributed by atoms with E-state index in [1.165, 1.54) is 32.1 Å². The molecule has 0 heterocycles. The molecule has 0 aromatic carbocycles. The van der Waals surface area contributed by atoms with Crippen molar-refractivity contribution in [2.24, 2.45) is 5.84 Å². The topological polar surface area (TPSA) is 47.3 Å².